The molecule has 0 saturated heterocycles. The number of carbonyl (C=O) groups excluding carboxylic acids is 2. The molecule has 0 unspecified atom stereocenters. The highest BCUT2D eigenvalue weighted by Gasteiger charge is 2.02. The fourth-order valence-corrected chi connectivity index (χ4v) is 1.47. The molecule has 0 aromatic carbocycles. The van der Waals surface area contributed by atoms with E-state index in [0.29, 0.717) is 17.0 Å². The maximum absolute atomic E-state index is 11.4. The minimum atomic E-state index is -0.322. The van der Waals surface area contributed by atoms with Gasteiger partial charge in [-0.2, -0.15) is 0 Å². The van der Waals surface area contributed by atoms with Gasteiger partial charge in [-0.1, -0.05) is 0 Å². The van der Waals surface area contributed by atoms with Crippen LogP contribution >= 0.6 is 15.9 Å². The van der Waals surface area contributed by atoms with Crippen LogP contribution in [-0.2, 0) is 14.3 Å². The van der Waals surface area contributed by atoms with Crippen LogP contribution in [0.25, 0.3) is 6.08 Å². The molecule has 1 aromatic rings. The molecule has 1 aromatic heterocycles. The van der Waals surface area contributed by atoms with Gasteiger partial charge in [0, 0.05) is 12.6 Å². The molecule has 0 aliphatic rings. The molecule has 0 aliphatic heterocycles. The standard InChI is InChI=1S/C12H14BrNO4/c1-2-17-12(16)7-8-14-11(15)6-4-9-3-5-10(13)18-9/h3-6H,2,7-8H2,1H3,(H,14,15). The van der Waals surface area contributed by atoms with E-state index in [-0.39, 0.29) is 24.8 Å². The summed E-state index contributed by atoms with van der Waals surface area (Å²) >= 11 is 3.16. The van der Waals surface area contributed by atoms with E-state index in [0.717, 1.165) is 0 Å². The maximum Gasteiger partial charge on any atom is 0.307 e. The van der Waals surface area contributed by atoms with E-state index in [9.17, 15) is 9.59 Å². The third-order valence-electron chi connectivity index (χ3n) is 1.93. The van der Waals surface area contributed by atoms with E-state index in [1.54, 1.807) is 25.1 Å². The van der Waals surface area contributed by atoms with Gasteiger partial charge in [-0.3, -0.25) is 9.59 Å². The number of furan rings is 1. The van der Waals surface area contributed by atoms with Gasteiger partial charge in [0.15, 0.2) is 4.67 Å². The lowest BCUT2D eigenvalue weighted by Crippen LogP contribution is -2.24. The summed E-state index contributed by atoms with van der Waals surface area (Å²) in [6.45, 7) is 2.34. The minimum Gasteiger partial charge on any atom is -0.466 e. The predicted molar refractivity (Wildman–Crippen MR) is 69.7 cm³/mol. The molecule has 0 bridgehead atoms. The molecule has 1 rings (SSSR count). The molecular formula is C12H14BrNO4. The number of esters is 1. The fourth-order valence-electron chi connectivity index (χ4n) is 1.16. The zero-order valence-electron chi connectivity index (χ0n) is 9.94. The molecule has 0 saturated carbocycles. The van der Waals surface area contributed by atoms with Crippen LogP contribution in [0.2, 0.25) is 0 Å². The second-order valence-corrected chi connectivity index (χ2v) is 4.10. The Morgan fingerprint density at radius 3 is 2.89 bits per heavy atom. The van der Waals surface area contributed by atoms with Crippen LogP contribution in [-0.4, -0.2) is 25.0 Å². The van der Waals surface area contributed by atoms with Crippen molar-refractivity contribution in [3.8, 4) is 0 Å². The highest BCUT2D eigenvalue weighted by molar-refractivity contribution is 9.10. The molecule has 6 heteroatoms. The van der Waals surface area contributed by atoms with Crippen molar-refractivity contribution >= 4 is 33.9 Å². The van der Waals surface area contributed by atoms with E-state index < -0.39 is 0 Å². The SMILES string of the molecule is CCOC(=O)CCNC(=O)C=Cc1ccc(Br)o1. The Bertz CT molecular complexity index is 439. The van der Waals surface area contributed by atoms with Gasteiger partial charge in [0.25, 0.3) is 0 Å². The number of carbonyl (C=O) groups is 2. The lowest BCUT2D eigenvalue weighted by atomic mass is 10.3. The first-order chi connectivity index (χ1) is 8.61. The number of rotatable bonds is 6. The quantitative estimate of drug-likeness (QED) is 0.645. The van der Waals surface area contributed by atoms with E-state index in [2.05, 4.69) is 21.2 Å². The summed E-state index contributed by atoms with van der Waals surface area (Å²) < 4.78 is 10.5. The Morgan fingerprint density at radius 2 is 2.28 bits per heavy atom. The summed E-state index contributed by atoms with van der Waals surface area (Å²) in [5.74, 6) is -0.0361. The van der Waals surface area contributed by atoms with Crippen molar-refractivity contribution in [2.24, 2.45) is 0 Å². The Morgan fingerprint density at radius 1 is 1.50 bits per heavy atom. The van der Waals surface area contributed by atoms with Gasteiger partial charge >= 0.3 is 5.97 Å². The zero-order valence-corrected chi connectivity index (χ0v) is 11.5. The highest BCUT2D eigenvalue weighted by atomic mass is 79.9. The molecule has 5 nitrogen and oxygen atoms in total. The smallest absolute Gasteiger partial charge is 0.307 e. The summed E-state index contributed by atoms with van der Waals surface area (Å²) in [7, 11) is 0. The van der Waals surface area contributed by atoms with Gasteiger partial charge in [-0.15, -0.1) is 0 Å². The monoisotopic (exact) mass is 315 g/mol. The van der Waals surface area contributed by atoms with Crippen molar-refractivity contribution in [2.75, 3.05) is 13.2 Å². The van der Waals surface area contributed by atoms with Crippen molar-refractivity contribution in [2.45, 2.75) is 13.3 Å². The van der Waals surface area contributed by atoms with Gasteiger partial charge in [-0.05, 0) is 41.1 Å². The summed E-state index contributed by atoms with van der Waals surface area (Å²) in [5.41, 5.74) is 0. The number of amides is 1. The lowest BCUT2D eigenvalue weighted by Gasteiger charge is -2.02. The van der Waals surface area contributed by atoms with Crippen molar-refractivity contribution in [1.29, 1.82) is 0 Å². The van der Waals surface area contributed by atoms with E-state index in [4.69, 9.17) is 9.15 Å². The van der Waals surface area contributed by atoms with Crippen molar-refractivity contribution in [3.63, 3.8) is 0 Å². The molecular weight excluding hydrogens is 302 g/mol. The van der Waals surface area contributed by atoms with Gasteiger partial charge in [-0.25, -0.2) is 0 Å². The van der Waals surface area contributed by atoms with Crippen LogP contribution < -0.4 is 5.32 Å². The third kappa shape index (κ3) is 5.67. The minimum absolute atomic E-state index is 0.166. The molecule has 18 heavy (non-hydrogen) atoms. The molecule has 1 amide bonds. The van der Waals surface area contributed by atoms with E-state index in [1.807, 2.05) is 0 Å². The first-order valence-corrected chi connectivity index (χ1v) is 6.28. The molecule has 98 valence electrons. The van der Waals surface area contributed by atoms with Crippen LogP contribution in [0.4, 0.5) is 0 Å². The number of ether oxygens (including phenoxy) is 1. The second kappa shape index (κ2) is 7.71. The molecule has 1 N–H and O–H groups in total. The van der Waals surface area contributed by atoms with Crippen molar-refractivity contribution in [1.82, 2.24) is 5.32 Å². The van der Waals surface area contributed by atoms with Crippen molar-refractivity contribution in [3.05, 3.63) is 28.6 Å². The topological polar surface area (TPSA) is 68.5 Å². The first kappa shape index (κ1) is 14.5. The average molecular weight is 316 g/mol. The normalized spacial score (nSPS) is 10.6. The van der Waals surface area contributed by atoms with E-state index in [1.165, 1.54) is 6.08 Å². The number of halogens is 1. The Balaban J connectivity index is 2.25. The summed E-state index contributed by atoms with van der Waals surface area (Å²) in [6, 6.07) is 3.46. The Hall–Kier alpha value is -1.56. The summed E-state index contributed by atoms with van der Waals surface area (Å²) in [5, 5.41) is 2.57. The molecule has 0 atom stereocenters. The lowest BCUT2D eigenvalue weighted by molar-refractivity contribution is -0.142. The average Bonchev–Trinajstić information content (AvgIpc) is 2.73. The van der Waals surface area contributed by atoms with Crippen molar-refractivity contribution < 1.29 is 18.7 Å². The maximum atomic E-state index is 11.4. The molecule has 0 fully saturated rings. The zero-order chi connectivity index (χ0) is 13.4. The molecule has 0 spiro atoms. The summed E-state index contributed by atoms with van der Waals surface area (Å²) in [4.78, 5) is 22.4. The fraction of sp³-hybridized carbons (Fsp3) is 0.333. The van der Waals surface area contributed by atoms with Crippen LogP contribution in [0.15, 0.2) is 27.3 Å². The summed E-state index contributed by atoms with van der Waals surface area (Å²) in [6.07, 6.45) is 3.06. The number of hydrogen-bond acceptors (Lipinski definition) is 4. The first-order valence-electron chi connectivity index (χ1n) is 5.48. The van der Waals surface area contributed by atoms with Gasteiger partial charge in [0.2, 0.25) is 5.91 Å². The van der Waals surface area contributed by atoms with Crippen LogP contribution in [0.5, 0.6) is 0 Å². The van der Waals surface area contributed by atoms with Gasteiger partial charge in [0.1, 0.15) is 5.76 Å². The number of nitrogens with one attached hydrogen (secondary N) is 1. The molecule has 0 radical (unpaired) electrons. The van der Waals surface area contributed by atoms with Crippen LogP contribution in [0, 0.1) is 0 Å². The van der Waals surface area contributed by atoms with E-state index >= 15 is 0 Å². The molecule has 0 aliphatic carbocycles. The predicted octanol–water partition coefficient (Wildman–Crippen LogP) is 2.12. The molecule has 1 heterocycles. The van der Waals surface area contributed by atoms with Gasteiger partial charge < -0.3 is 14.5 Å². The largest absolute Gasteiger partial charge is 0.466 e. The van der Waals surface area contributed by atoms with Crippen LogP contribution in [0.3, 0.4) is 0 Å². The Kier molecular flexibility index (Phi) is 6.21. The van der Waals surface area contributed by atoms with Crippen LogP contribution in [0.1, 0.15) is 19.1 Å². The van der Waals surface area contributed by atoms with Gasteiger partial charge in [0.05, 0.1) is 13.0 Å². The Labute approximate surface area is 113 Å². The third-order valence-corrected chi connectivity index (χ3v) is 2.35. The number of hydrogen-bond donors (Lipinski definition) is 1. The second-order valence-electron chi connectivity index (χ2n) is 3.32. The highest BCUT2D eigenvalue weighted by Crippen LogP contribution is 2.14.